The number of furan rings is 1. The molecule has 0 aliphatic carbocycles. The van der Waals surface area contributed by atoms with Gasteiger partial charge in [-0.2, -0.15) is 0 Å². The van der Waals surface area contributed by atoms with Crippen molar-refractivity contribution in [3.05, 3.63) is 24.0 Å². The van der Waals surface area contributed by atoms with Crippen LogP contribution in [0.1, 0.15) is 10.6 Å². The Balaban J connectivity index is 1.86. The Morgan fingerprint density at radius 1 is 1.25 bits per heavy atom. The van der Waals surface area contributed by atoms with Crippen LogP contribution in [0.3, 0.4) is 0 Å². The standard InChI is InChI=1S/C11H9O8P/c12-11(18-5-20(13,14)15)10-2-6-1-8-9(17-4-16-8)3-7(6)19-10/h1-3H,4-5H2,(H2,13,14,15). The summed E-state index contributed by atoms with van der Waals surface area (Å²) in [5.41, 5.74) is 0.386. The summed E-state index contributed by atoms with van der Waals surface area (Å²) in [7, 11) is -4.41. The first-order chi connectivity index (χ1) is 9.42. The van der Waals surface area contributed by atoms with Crippen molar-refractivity contribution >= 4 is 24.5 Å². The van der Waals surface area contributed by atoms with E-state index in [0.717, 1.165) is 0 Å². The molecule has 0 saturated carbocycles. The molecule has 1 aromatic heterocycles. The van der Waals surface area contributed by atoms with Crippen LogP contribution in [-0.4, -0.2) is 28.9 Å². The Morgan fingerprint density at radius 3 is 2.65 bits per heavy atom. The zero-order valence-electron chi connectivity index (χ0n) is 9.94. The molecule has 0 atom stereocenters. The van der Waals surface area contributed by atoms with Crippen molar-refractivity contribution in [3.63, 3.8) is 0 Å². The molecule has 1 aliphatic rings. The smallest absolute Gasteiger partial charge is 0.374 e. The Hall–Kier alpha value is -2.02. The number of ether oxygens (including phenoxy) is 3. The minimum absolute atomic E-state index is 0.124. The van der Waals surface area contributed by atoms with E-state index >= 15 is 0 Å². The van der Waals surface area contributed by atoms with Crippen molar-refractivity contribution in [2.45, 2.75) is 0 Å². The molecule has 0 saturated heterocycles. The Bertz CT molecular complexity index is 686. The molecular formula is C11H9O8P. The van der Waals surface area contributed by atoms with Crippen LogP contribution in [0.4, 0.5) is 0 Å². The lowest BCUT2D eigenvalue weighted by Gasteiger charge is -2.03. The summed E-state index contributed by atoms with van der Waals surface area (Å²) in [5, 5.41) is 0.595. The van der Waals surface area contributed by atoms with Gasteiger partial charge in [0.1, 0.15) is 5.58 Å². The molecule has 2 heterocycles. The highest BCUT2D eigenvalue weighted by atomic mass is 31.2. The summed E-state index contributed by atoms with van der Waals surface area (Å²) in [5.74, 6) is -0.0703. The molecule has 106 valence electrons. The fourth-order valence-corrected chi connectivity index (χ4v) is 2.03. The number of benzene rings is 1. The topological polar surface area (TPSA) is 115 Å². The number of carbonyl (C=O) groups is 1. The second-order valence-corrected chi connectivity index (χ2v) is 5.67. The van der Waals surface area contributed by atoms with Crippen molar-refractivity contribution in [1.29, 1.82) is 0 Å². The third-order valence-corrected chi connectivity index (χ3v) is 3.04. The maximum absolute atomic E-state index is 11.6. The van der Waals surface area contributed by atoms with E-state index in [4.69, 9.17) is 23.7 Å². The maximum Gasteiger partial charge on any atom is 0.374 e. The van der Waals surface area contributed by atoms with E-state index in [1.54, 1.807) is 12.1 Å². The van der Waals surface area contributed by atoms with Gasteiger partial charge in [0.2, 0.25) is 12.6 Å². The molecule has 20 heavy (non-hydrogen) atoms. The highest BCUT2D eigenvalue weighted by molar-refractivity contribution is 7.51. The SMILES string of the molecule is O=C(OCP(=O)(O)O)c1cc2cc3c(cc2o1)OCO3. The van der Waals surface area contributed by atoms with Gasteiger partial charge in [-0.15, -0.1) is 0 Å². The van der Waals surface area contributed by atoms with Gasteiger partial charge < -0.3 is 28.4 Å². The van der Waals surface area contributed by atoms with E-state index in [-0.39, 0.29) is 12.6 Å². The summed E-state index contributed by atoms with van der Waals surface area (Å²) in [4.78, 5) is 28.9. The molecule has 8 nitrogen and oxygen atoms in total. The van der Waals surface area contributed by atoms with Crippen LogP contribution in [0, 0.1) is 0 Å². The summed E-state index contributed by atoms with van der Waals surface area (Å²) in [6, 6.07) is 4.61. The second kappa shape index (κ2) is 4.52. The summed E-state index contributed by atoms with van der Waals surface area (Å²) in [6.45, 7) is 0.124. The molecule has 2 aromatic rings. The molecule has 0 spiro atoms. The van der Waals surface area contributed by atoms with Crippen LogP contribution in [0.5, 0.6) is 11.5 Å². The number of fused-ring (bicyclic) bond motifs is 2. The fraction of sp³-hybridized carbons (Fsp3) is 0.182. The number of carbonyl (C=O) groups excluding carboxylic acids is 1. The first-order valence-corrected chi connectivity index (χ1v) is 7.27. The molecule has 0 radical (unpaired) electrons. The normalized spacial score (nSPS) is 13.7. The number of hydrogen-bond acceptors (Lipinski definition) is 6. The van der Waals surface area contributed by atoms with Crippen molar-refractivity contribution in [2.24, 2.45) is 0 Å². The summed E-state index contributed by atoms with van der Waals surface area (Å²) >= 11 is 0. The van der Waals surface area contributed by atoms with Gasteiger partial charge in [-0.3, -0.25) is 4.57 Å². The van der Waals surface area contributed by atoms with Gasteiger partial charge >= 0.3 is 13.6 Å². The van der Waals surface area contributed by atoms with Gasteiger partial charge in [0.15, 0.2) is 17.8 Å². The van der Waals surface area contributed by atoms with E-state index in [0.29, 0.717) is 22.5 Å². The molecule has 0 fully saturated rings. The number of hydrogen-bond donors (Lipinski definition) is 2. The molecule has 1 aliphatic heterocycles. The minimum Gasteiger partial charge on any atom is -0.454 e. The van der Waals surface area contributed by atoms with Crippen LogP contribution in [-0.2, 0) is 9.30 Å². The van der Waals surface area contributed by atoms with Gasteiger partial charge in [-0.05, 0) is 12.1 Å². The molecule has 0 amide bonds. The molecule has 3 rings (SSSR count). The Kier molecular flexibility index (Phi) is 2.93. The lowest BCUT2D eigenvalue weighted by molar-refractivity contribution is 0.0517. The monoisotopic (exact) mass is 300 g/mol. The summed E-state index contributed by atoms with van der Waals surface area (Å²) < 4.78 is 30.7. The zero-order valence-corrected chi connectivity index (χ0v) is 10.8. The first-order valence-electron chi connectivity index (χ1n) is 5.47. The third kappa shape index (κ3) is 2.49. The van der Waals surface area contributed by atoms with E-state index < -0.39 is 19.9 Å². The van der Waals surface area contributed by atoms with Gasteiger partial charge in [0, 0.05) is 11.5 Å². The quantitative estimate of drug-likeness (QED) is 0.646. The summed E-state index contributed by atoms with van der Waals surface area (Å²) in [6.07, 6.45) is -0.994. The molecule has 0 unspecified atom stereocenters. The molecule has 2 N–H and O–H groups in total. The van der Waals surface area contributed by atoms with Crippen molar-refractivity contribution < 1.29 is 37.8 Å². The molecule has 9 heteroatoms. The lowest BCUT2D eigenvalue weighted by atomic mass is 10.2. The zero-order chi connectivity index (χ0) is 14.3. The number of esters is 1. The number of rotatable bonds is 3. The second-order valence-electron chi connectivity index (χ2n) is 4.08. The van der Waals surface area contributed by atoms with Crippen LogP contribution in [0.2, 0.25) is 0 Å². The highest BCUT2D eigenvalue weighted by Gasteiger charge is 2.22. The van der Waals surface area contributed by atoms with Crippen molar-refractivity contribution in [2.75, 3.05) is 13.1 Å². The highest BCUT2D eigenvalue weighted by Crippen LogP contribution is 2.38. The predicted octanol–water partition coefficient (Wildman–Crippen LogP) is 1.45. The average Bonchev–Trinajstić information content (AvgIpc) is 2.96. The van der Waals surface area contributed by atoms with E-state index in [9.17, 15) is 9.36 Å². The largest absolute Gasteiger partial charge is 0.454 e. The van der Waals surface area contributed by atoms with E-state index in [1.807, 2.05) is 0 Å². The average molecular weight is 300 g/mol. The van der Waals surface area contributed by atoms with Gasteiger partial charge in [0.25, 0.3) is 0 Å². The van der Waals surface area contributed by atoms with Crippen LogP contribution < -0.4 is 9.47 Å². The van der Waals surface area contributed by atoms with Crippen LogP contribution in [0.15, 0.2) is 22.6 Å². The predicted molar refractivity (Wildman–Crippen MR) is 64.7 cm³/mol. The van der Waals surface area contributed by atoms with E-state index in [1.165, 1.54) is 6.07 Å². The van der Waals surface area contributed by atoms with Crippen LogP contribution in [0.25, 0.3) is 11.0 Å². The molecule has 1 aromatic carbocycles. The lowest BCUT2D eigenvalue weighted by Crippen LogP contribution is -2.05. The van der Waals surface area contributed by atoms with Crippen molar-refractivity contribution in [3.8, 4) is 11.5 Å². The Labute approximate surface area is 112 Å². The van der Waals surface area contributed by atoms with Crippen LogP contribution >= 0.6 is 7.60 Å². The van der Waals surface area contributed by atoms with Gasteiger partial charge in [-0.25, -0.2) is 4.79 Å². The fourth-order valence-electron chi connectivity index (χ4n) is 1.74. The van der Waals surface area contributed by atoms with Gasteiger partial charge in [-0.1, -0.05) is 0 Å². The molecule has 0 bridgehead atoms. The molecular weight excluding hydrogens is 291 g/mol. The third-order valence-electron chi connectivity index (χ3n) is 2.58. The Morgan fingerprint density at radius 2 is 1.95 bits per heavy atom. The first kappa shape index (κ1) is 13.0. The maximum atomic E-state index is 11.6. The minimum atomic E-state index is -4.41. The van der Waals surface area contributed by atoms with Crippen molar-refractivity contribution in [1.82, 2.24) is 0 Å². The van der Waals surface area contributed by atoms with E-state index in [2.05, 4.69) is 4.74 Å². The van der Waals surface area contributed by atoms with Gasteiger partial charge in [0.05, 0.1) is 0 Å².